The number of aryl methyl sites for hydroxylation is 2. The van der Waals surface area contributed by atoms with Crippen molar-refractivity contribution < 1.29 is 27.9 Å². The topological polar surface area (TPSA) is 96.0 Å². The molecule has 0 aliphatic rings. The highest BCUT2D eigenvalue weighted by molar-refractivity contribution is 5.92. The molecule has 0 spiro atoms. The van der Waals surface area contributed by atoms with Crippen molar-refractivity contribution >= 4 is 11.9 Å². The van der Waals surface area contributed by atoms with Gasteiger partial charge in [-0.25, -0.2) is 14.4 Å². The normalized spacial score (nSPS) is 10.4. The van der Waals surface area contributed by atoms with E-state index in [1.807, 2.05) is 0 Å². The van der Waals surface area contributed by atoms with E-state index in [1.54, 1.807) is 13.8 Å². The van der Waals surface area contributed by atoms with Gasteiger partial charge in [-0.05, 0) is 32.4 Å². The Morgan fingerprint density at radius 2 is 1.91 bits per heavy atom. The average molecular weight is 320 g/mol. The number of hydrogen-bond acceptors (Lipinski definition) is 7. The number of rotatable bonds is 5. The van der Waals surface area contributed by atoms with Gasteiger partial charge in [-0.3, -0.25) is 0 Å². The van der Waals surface area contributed by atoms with Crippen LogP contribution in [0.2, 0.25) is 0 Å². The summed E-state index contributed by atoms with van der Waals surface area (Å²) in [6.45, 7) is 4.79. The zero-order chi connectivity index (χ0) is 17.0. The minimum atomic E-state index is -0.671. The van der Waals surface area contributed by atoms with Crippen LogP contribution in [0, 0.1) is 13.8 Å². The van der Waals surface area contributed by atoms with E-state index < -0.39 is 17.6 Å². The van der Waals surface area contributed by atoms with Crippen LogP contribution in [-0.2, 0) is 16.1 Å². The summed E-state index contributed by atoms with van der Waals surface area (Å²) >= 11 is 0. The lowest BCUT2D eigenvalue weighted by Gasteiger charge is -2.08. The first kappa shape index (κ1) is 16.5. The summed E-state index contributed by atoms with van der Waals surface area (Å²) in [5.74, 6) is -0.866. The lowest BCUT2D eigenvalue weighted by atomic mass is 10.1. The third-order valence-electron chi connectivity index (χ3n) is 3.11. The minimum absolute atomic E-state index is 0.171. The molecule has 2 aromatic rings. The first-order chi connectivity index (χ1) is 10.9. The number of hydrogen-bond donors (Lipinski definition) is 0. The van der Waals surface area contributed by atoms with Crippen molar-refractivity contribution in [1.82, 2.24) is 0 Å². The van der Waals surface area contributed by atoms with Gasteiger partial charge in [0.1, 0.15) is 16.9 Å². The van der Waals surface area contributed by atoms with Crippen LogP contribution in [0.4, 0.5) is 0 Å². The van der Waals surface area contributed by atoms with E-state index in [4.69, 9.17) is 18.3 Å². The lowest BCUT2D eigenvalue weighted by Crippen LogP contribution is -2.13. The van der Waals surface area contributed by atoms with E-state index >= 15 is 0 Å². The molecule has 0 unspecified atom stereocenters. The third-order valence-corrected chi connectivity index (χ3v) is 3.11. The molecule has 0 amide bonds. The quantitative estimate of drug-likeness (QED) is 0.780. The highest BCUT2D eigenvalue weighted by atomic mass is 16.5. The molecule has 0 bridgehead atoms. The summed E-state index contributed by atoms with van der Waals surface area (Å²) in [4.78, 5) is 35.1. The van der Waals surface area contributed by atoms with E-state index in [9.17, 15) is 14.4 Å². The van der Waals surface area contributed by atoms with Crippen LogP contribution in [0.1, 0.15) is 44.7 Å². The molecular formula is C16H16O7. The zero-order valence-corrected chi connectivity index (χ0v) is 13.0. The average Bonchev–Trinajstić information content (AvgIpc) is 2.92. The predicted octanol–water partition coefficient (Wildman–Crippen LogP) is 2.38. The Hall–Kier alpha value is -2.83. The van der Waals surface area contributed by atoms with Gasteiger partial charge in [-0.15, -0.1) is 0 Å². The van der Waals surface area contributed by atoms with Gasteiger partial charge in [0.25, 0.3) is 0 Å². The Bertz CT molecular complexity index is 756. The first-order valence-electron chi connectivity index (χ1n) is 6.96. The van der Waals surface area contributed by atoms with Crippen LogP contribution >= 0.6 is 0 Å². The van der Waals surface area contributed by atoms with Crippen molar-refractivity contribution in [3.05, 3.63) is 57.0 Å². The van der Waals surface area contributed by atoms with E-state index in [0.29, 0.717) is 5.56 Å². The van der Waals surface area contributed by atoms with Crippen molar-refractivity contribution in [1.29, 1.82) is 0 Å². The fourth-order valence-corrected chi connectivity index (χ4v) is 2.11. The summed E-state index contributed by atoms with van der Waals surface area (Å²) in [5.41, 5.74) is 0.294. The second-order valence-corrected chi connectivity index (χ2v) is 4.73. The van der Waals surface area contributed by atoms with Crippen LogP contribution in [0.15, 0.2) is 32.0 Å². The smallest absolute Gasteiger partial charge is 0.342 e. The van der Waals surface area contributed by atoms with Crippen LogP contribution in [-0.4, -0.2) is 18.5 Å². The Morgan fingerprint density at radius 1 is 1.17 bits per heavy atom. The second-order valence-electron chi connectivity index (χ2n) is 4.73. The highest BCUT2D eigenvalue weighted by Gasteiger charge is 2.20. The van der Waals surface area contributed by atoms with E-state index in [-0.39, 0.29) is 35.9 Å². The highest BCUT2D eigenvalue weighted by Crippen LogP contribution is 2.17. The molecule has 2 aromatic heterocycles. The molecule has 2 rings (SSSR count). The fourth-order valence-electron chi connectivity index (χ4n) is 2.11. The third kappa shape index (κ3) is 3.68. The molecule has 0 N–H and O–H groups in total. The molecule has 23 heavy (non-hydrogen) atoms. The van der Waals surface area contributed by atoms with Crippen LogP contribution in [0.3, 0.4) is 0 Å². The van der Waals surface area contributed by atoms with Crippen LogP contribution in [0.25, 0.3) is 0 Å². The molecule has 0 aliphatic heterocycles. The SMILES string of the molecule is CCOC(=O)c1ccoc1COC(=O)c1c(C)cc(=O)oc1C. The summed E-state index contributed by atoms with van der Waals surface area (Å²) in [6.07, 6.45) is 1.31. The second kappa shape index (κ2) is 6.95. The van der Waals surface area contributed by atoms with Crippen molar-refractivity contribution in [2.75, 3.05) is 6.61 Å². The Morgan fingerprint density at radius 3 is 2.57 bits per heavy atom. The van der Waals surface area contributed by atoms with Crippen LogP contribution in [0.5, 0.6) is 0 Å². The van der Waals surface area contributed by atoms with E-state index in [0.717, 1.165) is 0 Å². The van der Waals surface area contributed by atoms with Crippen LogP contribution < -0.4 is 5.63 Å². The Balaban J connectivity index is 2.13. The number of furan rings is 1. The molecule has 0 saturated carbocycles. The molecule has 0 saturated heterocycles. The monoisotopic (exact) mass is 320 g/mol. The molecule has 2 heterocycles. The molecule has 0 radical (unpaired) electrons. The summed E-state index contributed by atoms with van der Waals surface area (Å²) in [5, 5.41) is 0. The van der Waals surface area contributed by atoms with E-state index in [1.165, 1.54) is 25.3 Å². The number of carbonyl (C=O) groups is 2. The molecule has 0 aromatic carbocycles. The zero-order valence-electron chi connectivity index (χ0n) is 13.0. The molecule has 0 atom stereocenters. The van der Waals surface area contributed by atoms with Gasteiger partial charge in [0.05, 0.1) is 12.9 Å². The molecule has 122 valence electrons. The fraction of sp³-hybridized carbons (Fsp3) is 0.312. The molecule has 0 fully saturated rings. The Labute approximate surface area is 131 Å². The maximum absolute atomic E-state index is 12.2. The molecule has 0 aliphatic carbocycles. The van der Waals surface area contributed by atoms with Crippen molar-refractivity contribution in [3.8, 4) is 0 Å². The van der Waals surface area contributed by atoms with Crippen molar-refractivity contribution in [2.24, 2.45) is 0 Å². The predicted molar refractivity (Wildman–Crippen MR) is 78.2 cm³/mol. The maximum Gasteiger partial charge on any atom is 0.342 e. The summed E-state index contributed by atoms with van der Waals surface area (Å²) < 4.78 is 20.1. The minimum Gasteiger partial charge on any atom is -0.465 e. The van der Waals surface area contributed by atoms with Gasteiger partial charge in [-0.1, -0.05) is 0 Å². The van der Waals surface area contributed by atoms with Crippen molar-refractivity contribution in [3.63, 3.8) is 0 Å². The van der Waals surface area contributed by atoms with Gasteiger partial charge in [0.15, 0.2) is 12.4 Å². The van der Waals surface area contributed by atoms with E-state index in [2.05, 4.69) is 0 Å². The molecule has 7 heteroatoms. The largest absolute Gasteiger partial charge is 0.465 e. The number of carbonyl (C=O) groups excluding carboxylic acids is 2. The molecule has 7 nitrogen and oxygen atoms in total. The summed E-state index contributed by atoms with van der Waals surface area (Å²) in [6, 6.07) is 2.65. The van der Waals surface area contributed by atoms with Gasteiger partial charge < -0.3 is 18.3 Å². The summed E-state index contributed by atoms with van der Waals surface area (Å²) in [7, 11) is 0. The standard InChI is InChI=1S/C16H16O7/c1-4-20-15(18)11-5-6-21-12(11)8-22-16(19)14-9(2)7-13(17)23-10(14)3/h5-7H,4,8H2,1-3H3. The first-order valence-corrected chi connectivity index (χ1v) is 6.96. The van der Waals surface area contributed by atoms with Gasteiger partial charge >= 0.3 is 17.6 Å². The van der Waals surface area contributed by atoms with Gasteiger partial charge in [-0.2, -0.15) is 0 Å². The lowest BCUT2D eigenvalue weighted by molar-refractivity contribution is 0.0418. The maximum atomic E-state index is 12.2. The number of ether oxygens (including phenoxy) is 2. The Kier molecular flexibility index (Phi) is 5.00. The van der Waals surface area contributed by atoms with Gasteiger partial charge in [0.2, 0.25) is 0 Å². The van der Waals surface area contributed by atoms with Gasteiger partial charge in [0, 0.05) is 6.07 Å². The molecular weight excluding hydrogens is 304 g/mol. The van der Waals surface area contributed by atoms with Crippen molar-refractivity contribution in [2.45, 2.75) is 27.4 Å². The number of esters is 2.